The zero-order chi connectivity index (χ0) is 13.7. The van der Waals surface area contributed by atoms with Crippen molar-refractivity contribution in [1.29, 1.82) is 0 Å². The molecule has 4 rings (SSSR count). The average molecular weight is 258 g/mol. The first kappa shape index (κ1) is 11.4. The van der Waals surface area contributed by atoms with Crippen LogP contribution in [0.1, 0.15) is 5.56 Å². The van der Waals surface area contributed by atoms with Gasteiger partial charge in [0.05, 0.1) is 10.8 Å². The van der Waals surface area contributed by atoms with Crippen molar-refractivity contribution in [3.8, 4) is 0 Å². The van der Waals surface area contributed by atoms with E-state index in [4.69, 9.17) is 0 Å². The lowest BCUT2D eigenvalue weighted by Crippen LogP contribution is -2.28. The van der Waals surface area contributed by atoms with E-state index in [1.54, 1.807) is 0 Å². The summed E-state index contributed by atoms with van der Waals surface area (Å²) in [6.45, 7) is 2.19. The Balaban J connectivity index is 2.37. The van der Waals surface area contributed by atoms with Crippen LogP contribution in [-0.2, 0) is 7.05 Å². The summed E-state index contributed by atoms with van der Waals surface area (Å²) in [4.78, 5) is 0. The van der Waals surface area contributed by atoms with Crippen molar-refractivity contribution >= 4 is 32.4 Å². The third-order valence-electron chi connectivity index (χ3n) is 4.16. The Hall–Kier alpha value is -2.41. The van der Waals surface area contributed by atoms with Crippen LogP contribution in [-0.4, -0.2) is 0 Å². The molecule has 1 aromatic heterocycles. The van der Waals surface area contributed by atoms with Crippen LogP contribution < -0.4 is 4.57 Å². The van der Waals surface area contributed by atoms with E-state index in [2.05, 4.69) is 79.3 Å². The molecule has 0 fully saturated rings. The first-order valence-corrected chi connectivity index (χ1v) is 6.95. The van der Waals surface area contributed by atoms with Crippen LogP contribution >= 0.6 is 0 Å². The normalized spacial score (nSPS) is 11.5. The minimum atomic E-state index is 1.29. The van der Waals surface area contributed by atoms with Crippen LogP contribution in [0, 0.1) is 6.92 Å². The van der Waals surface area contributed by atoms with Gasteiger partial charge in [0.15, 0.2) is 6.20 Å². The lowest BCUT2D eigenvalue weighted by molar-refractivity contribution is -0.642. The zero-order valence-electron chi connectivity index (χ0n) is 11.7. The lowest BCUT2D eigenvalue weighted by atomic mass is 9.98. The highest BCUT2D eigenvalue weighted by Crippen LogP contribution is 2.29. The quantitative estimate of drug-likeness (QED) is 0.327. The number of aryl methyl sites for hydroxylation is 2. The van der Waals surface area contributed by atoms with Crippen molar-refractivity contribution < 1.29 is 4.57 Å². The second kappa shape index (κ2) is 4.04. The summed E-state index contributed by atoms with van der Waals surface area (Å²) in [5, 5.41) is 6.61. The molecular weight excluding hydrogens is 242 g/mol. The highest BCUT2D eigenvalue weighted by Gasteiger charge is 2.14. The maximum absolute atomic E-state index is 2.26. The molecule has 0 aliphatic heterocycles. The number of benzene rings is 3. The van der Waals surface area contributed by atoms with Gasteiger partial charge in [-0.1, -0.05) is 42.5 Å². The van der Waals surface area contributed by atoms with Gasteiger partial charge in [0.25, 0.3) is 0 Å². The Morgan fingerprint density at radius 3 is 2.45 bits per heavy atom. The van der Waals surface area contributed by atoms with E-state index in [0.717, 1.165) is 0 Å². The van der Waals surface area contributed by atoms with Crippen molar-refractivity contribution in [3.05, 3.63) is 66.4 Å². The van der Waals surface area contributed by atoms with Crippen LogP contribution in [0.2, 0.25) is 0 Å². The highest BCUT2D eigenvalue weighted by atomic mass is 14.9. The summed E-state index contributed by atoms with van der Waals surface area (Å²) in [6, 6.07) is 19.6. The molecule has 1 nitrogen and oxygen atoms in total. The zero-order valence-corrected chi connectivity index (χ0v) is 11.7. The Bertz CT molecular complexity index is 967. The summed E-state index contributed by atoms with van der Waals surface area (Å²) in [7, 11) is 2.14. The molecule has 0 saturated carbocycles. The van der Waals surface area contributed by atoms with Gasteiger partial charge >= 0.3 is 0 Å². The molecule has 3 aromatic carbocycles. The van der Waals surface area contributed by atoms with Crippen molar-refractivity contribution in [2.75, 3.05) is 0 Å². The molecular formula is C19H16N+. The third kappa shape index (κ3) is 1.47. The second-order valence-electron chi connectivity index (χ2n) is 5.46. The lowest BCUT2D eigenvalue weighted by Gasteiger charge is -2.07. The van der Waals surface area contributed by atoms with Crippen LogP contribution in [0.25, 0.3) is 32.4 Å². The third-order valence-corrected chi connectivity index (χ3v) is 4.16. The molecule has 1 heterocycles. The monoisotopic (exact) mass is 258 g/mol. The first-order chi connectivity index (χ1) is 9.75. The molecule has 96 valence electrons. The molecule has 0 spiro atoms. The smallest absolute Gasteiger partial charge is 0.200 e. The van der Waals surface area contributed by atoms with Gasteiger partial charge in [-0.25, -0.2) is 0 Å². The Labute approximate surface area is 118 Å². The molecule has 0 aliphatic rings. The van der Waals surface area contributed by atoms with Gasteiger partial charge in [0, 0.05) is 10.8 Å². The van der Waals surface area contributed by atoms with Crippen LogP contribution in [0.15, 0.2) is 60.8 Å². The fourth-order valence-electron chi connectivity index (χ4n) is 3.25. The molecule has 0 N–H and O–H groups in total. The van der Waals surface area contributed by atoms with Crippen LogP contribution in [0.5, 0.6) is 0 Å². The number of pyridine rings is 1. The van der Waals surface area contributed by atoms with Crippen molar-refractivity contribution in [1.82, 2.24) is 0 Å². The van der Waals surface area contributed by atoms with Gasteiger partial charge in [-0.05, 0) is 30.0 Å². The van der Waals surface area contributed by atoms with E-state index in [1.165, 1.54) is 38.0 Å². The average Bonchev–Trinajstić information content (AvgIpc) is 2.47. The van der Waals surface area contributed by atoms with E-state index in [9.17, 15) is 0 Å². The van der Waals surface area contributed by atoms with Gasteiger partial charge in [-0.2, -0.15) is 4.57 Å². The number of hydrogen-bond acceptors (Lipinski definition) is 0. The summed E-state index contributed by atoms with van der Waals surface area (Å²) in [5.74, 6) is 0. The Morgan fingerprint density at radius 1 is 0.750 bits per heavy atom. The van der Waals surface area contributed by atoms with Crippen molar-refractivity contribution in [2.45, 2.75) is 6.92 Å². The molecule has 0 radical (unpaired) electrons. The highest BCUT2D eigenvalue weighted by molar-refractivity contribution is 6.14. The fourth-order valence-corrected chi connectivity index (χ4v) is 3.25. The van der Waals surface area contributed by atoms with Crippen LogP contribution in [0.3, 0.4) is 0 Å². The molecule has 0 unspecified atom stereocenters. The number of hydrogen-bond donors (Lipinski definition) is 0. The van der Waals surface area contributed by atoms with E-state index in [0.29, 0.717) is 0 Å². The topological polar surface area (TPSA) is 3.88 Å². The minimum Gasteiger partial charge on any atom is -0.200 e. The van der Waals surface area contributed by atoms with Crippen molar-refractivity contribution in [3.63, 3.8) is 0 Å². The van der Waals surface area contributed by atoms with E-state index in [-0.39, 0.29) is 0 Å². The Morgan fingerprint density at radius 2 is 1.55 bits per heavy atom. The predicted molar refractivity (Wildman–Crippen MR) is 84.9 cm³/mol. The standard InChI is InChI=1S/C19H16N/c1-13-6-5-8-14-10-11-17-16-9-4-3-7-15(16)12-20(2)19(17)18(13)14/h3-12H,1-2H3/q+1. The fraction of sp³-hybridized carbons (Fsp3) is 0.105. The van der Waals surface area contributed by atoms with Gasteiger partial charge in [0.2, 0.25) is 5.52 Å². The predicted octanol–water partition coefficient (Wildman–Crippen LogP) is 4.28. The molecule has 20 heavy (non-hydrogen) atoms. The second-order valence-corrected chi connectivity index (χ2v) is 5.46. The molecule has 0 saturated heterocycles. The Kier molecular flexibility index (Phi) is 2.31. The summed E-state index contributed by atoms with van der Waals surface area (Å²) >= 11 is 0. The number of aromatic nitrogens is 1. The number of fused-ring (bicyclic) bond motifs is 5. The van der Waals surface area contributed by atoms with Crippen LogP contribution in [0.4, 0.5) is 0 Å². The van der Waals surface area contributed by atoms with E-state index >= 15 is 0 Å². The maximum Gasteiger partial charge on any atom is 0.221 e. The molecule has 0 atom stereocenters. The molecule has 1 heteroatoms. The SMILES string of the molecule is Cc1cccc2ccc3c4ccccc4c[n+](C)c3c12. The molecule has 4 aromatic rings. The maximum atomic E-state index is 2.26. The first-order valence-electron chi connectivity index (χ1n) is 6.95. The summed E-state index contributed by atoms with van der Waals surface area (Å²) in [6.07, 6.45) is 2.23. The number of rotatable bonds is 0. The van der Waals surface area contributed by atoms with Gasteiger partial charge in [0.1, 0.15) is 7.05 Å². The molecule has 0 bridgehead atoms. The van der Waals surface area contributed by atoms with E-state index in [1.807, 2.05) is 0 Å². The van der Waals surface area contributed by atoms with E-state index < -0.39 is 0 Å². The van der Waals surface area contributed by atoms with Gasteiger partial charge < -0.3 is 0 Å². The van der Waals surface area contributed by atoms with Gasteiger partial charge in [-0.3, -0.25) is 0 Å². The largest absolute Gasteiger partial charge is 0.221 e. The molecule has 0 amide bonds. The van der Waals surface area contributed by atoms with Crippen molar-refractivity contribution in [2.24, 2.45) is 7.05 Å². The molecule has 0 aliphatic carbocycles. The number of nitrogens with zero attached hydrogens (tertiary/aromatic N) is 1. The van der Waals surface area contributed by atoms with Gasteiger partial charge in [-0.15, -0.1) is 0 Å². The summed E-state index contributed by atoms with van der Waals surface area (Å²) < 4.78 is 2.26. The minimum absolute atomic E-state index is 1.29. The summed E-state index contributed by atoms with van der Waals surface area (Å²) in [5.41, 5.74) is 2.65.